The minimum absolute atomic E-state index is 0.109. The summed E-state index contributed by atoms with van der Waals surface area (Å²) in [6.07, 6.45) is 1.39. The zero-order chi connectivity index (χ0) is 20.4. The highest BCUT2D eigenvalue weighted by molar-refractivity contribution is 7.18. The van der Waals surface area contributed by atoms with Crippen LogP contribution < -0.4 is 5.73 Å². The maximum atomic E-state index is 12.5. The lowest BCUT2D eigenvalue weighted by atomic mass is 10.1. The van der Waals surface area contributed by atoms with Crippen LogP contribution in [0.3, 0.4) is 0 Å². The van der Waals surface area contributed by atoms with Gasteiger partial charge in [0.15, 0.2) is 5.65 Å². The van der Waals surface area contributed by atoms with Crippen LogP contribution in [0, 0.1) is 18.3 Å². The van der Waals surface area contributed by atoms with Crippen molar-refractivity contribution in [2.45, 2.75) is 20.5 Å². The monoisotopic (exact) mass is 399 g/mol. The van der Waals surface area contributed by atoms with E-state index in [0.29, 0.717) is 5.65 Å². The number of esters is 2. The number of nitriles is 1. The first-order valence-corrected chi connectivity index (χ1v) is 9.13. The number of anilines is 1. The first-order chi connectivity index (χ1) is 13.4. The van der Waals surface area contributed by atoms with Gasteiger partial charge in [0.25, 0.3) is 0 Å². The van der Waals surface area contributed by atoms with Crippen LogP contribution in [0.15, 0.2) is 12.3 Å². The largest absolute Gasteiger partial charge is 0.462 e. The van der Waals surface area contributed by atoms with Crippen LogP contribution in [-0.4, -0.2) is 33.3 Å². The number of rotatable bonds is 5. The van der Waals surface area contributed by atoms with Gasteiger partial charge in [0.2, 0.25) is 0 Å². The lowest BCUT2D eigenvalue weighted by molar-refractivity contribution is 0.0452. The Morgan fingerprint density at radius 3 is 2.79 bits per heavy atom. The number of aryl methyl sites for hydroxylation is 2. The van der Waals surface area contributed by atoms with E-state index in [1.165, 1.54) is 6.20 Å². The van der Waals surface area contributed by atoms with E-state index in [-0.39, 0.29) is 39.8 Å². The van der Waals surface area contributed by atoms with Crippen molar-refractivity contribution >= 4 is 39.3 Å². The fraction of sp³-hybridized carbons (Fsp3) is 0.278. The lowest BCUT2D eigenvalue weighted by Gasteiger charge is -2.07. The molecular weight excluding hydrogens is 382 g/mol. The fourth-order valence-electron chi connectivity index (χ4n) is 2.75. The molecule has 0 radical (unpaired) electrons. The second-order valence-electron chi connectivity index (χ2n) is 5.86. The van der Waals surface area contributed by atoms with E-state index in [1.54, 1.807) is 24.7 Å². The van der Waals surface area contributed by atoms with Gasteiger partial charge in [0.05, 0.1) is 23.4 Å². The highest BCUT2D eigenvalue weighted by atomic mass is 32.1. The summed E-state index contributed by atoms with van der Waals surface area (Å²) in [6.45, 7) is 3.38. The number of ether oxygens (including phenoxy) is 2. The van der Waals surface area contributed by atoms with Crippen molar-refractivity contribution in [2.75, 3.05) is 12.3 Å². The van der Waals surface area contributed by atoms with E-state index in [1.807, 2.05) is 13.0 Å². The van der Waals surface area contributed by atoms with Crippen LogP contribution in [0.25, 0.3) is 11.0 Å². The predicted octanol–water partition coefficient (Wildman–Crippen LogP) is 2.33. The van der Waals surface area contributed by atoms with Gasteiger partial charge >= 0.3 is 11.9 Å². The molecule has 10 heteroatoms. The van der Waals surface area contributed by atoms with Crippen LogP contribution in [0.1, 0.15) is 43.8 Å². The summed E-state index contributed by atoms with van der Waals surface area (Å²) >= 11 is 0.934. The summed E-state index contributed by atoms with van der Waals surface area (Å²) in [5.74, 6) is -1.25. The molecule has 3 heterocycles. The van der Waals surface area contributed by atoms with Gasteiger partial charge in [0.1, 0.15) is 22.6 Å². The van der Waals surface area contributed by atoms with E-state index in [9.17, 15) is 14.9 Å². The summed E-state index contributed by atoms with van der Waals surface area (Å²) in [4.78, 5) is 29.0. The van der Waals surface area contributed by atoms with Gasteiger partial charge in [-0.05, 0) is 19.9 Å². The number of carbonyl (C=O) groups is 2. The molecule has 0 saturated carbocycles. The topological polar surface area (TPSA) is 133 Å². The van der Waals surface area contributed by atoms with Crippen molar-refractivity contribution in [1.82, 2.24) is 14.8 Å². The third kappa shape index (κ3) is 3.39. The molecule has 0 fully saturated rings. The second-order valence-corrected chi connectivity index (χ2v) is 6.91. The molecule has 3 aromatic rings. The average molecular weight is 399 g/mol. The van der Waals surface area contributed by atoms with Crippen LogP contribution in [0.2, 0.25) is 0 Å². The molecule has 0 aromatic carbocycles. The van der Waals surface area contributed by atoms with Crippen LogP contribution in [0.4, 0.5) is 5.00 Å². The first kappa shape index (κ1) is 19.3. The molecule has 3 rings (SSSR count). The molecular formula is C18H17N5O4S. The van der Waals surface area contributed by atoms with Crippen LogP contribution >= 0.6 is 11.3 Å². The van der Waals surface area contributed by atoms with E-state index >= 15 is 0 Å². The zero-order valence-corrected chi connectivity index (χ0v) is 16.3. The number of thiophene rings is 1. The molecule has 0 aliphatic carbocycles. The minimum atomic E-state index is -0.638. The molecule has 0 aliphatic rings. The average Bonchev–Trinajstić information content (AvgIpc) is 3.15. The summed E-state index contributed by atoms with van der Waals surface area (Å²) in [5, 5.41) is 14.5. The molecule has 28 heavy (non-hydrogen) atoms. The predicted molar refractivity (Wildman–Crippen MR) is 102 cm³/mol. The highest BCUT2D eigenvalue weighted by Crippen LogP contribution is 2.32. The molecule has 0 aliphatic heterocycles. The van der Waals surface area contributed by atoms with Crippen molar-refractivity contribution in [2.24, 2.45) is 7.05 Å². The highest BCUT2D eigenvalue weighted by Gasteiger charge is 2.24. The Kier molecular flexibility index (Phi) is 5.28. The molecule has 0 atom stereocenters. The van der Waals surface area contributed by atoms with Crippen molar-refractivity contribution in [3.8, 4) is 6.07 Å². The second kappa shape index (κ2) is 7.66. The van der Waals surface area contributed by atoms with Gasteiger partial charge < -0.3 is 15.2 Å². The number of nitrogens with zero attached hydrogens (tertiary/aromatic N) is 4. The number of nitrogens with two attached hydrogens (primary N) is 1. The molecule has 3 aromatic heterocycles. The van der Waals surface area contributed by atoms with Gasteiger partial charge in [-0.1, -0.05) is 0 Å². The maximum Gasteiger partial charge on any atom is 0.348 e. The number of nitrogen functional groups attached to an aromatic ring is 1. The molecule has 0 amide bonds. The van der Waals surface area contributed by atoms with Gasteiger partial charge in [-0.3, -0.25) is 4.68 Å². The molecule has 0 unspecified atom stereocenters. The van der Waals surface area contributed by atoms with Crippen molar-refractivity contribution < 1.29 is 19.1 Å². The summed E-state index contributed by atoms with van der Waals surface area (Å²) in [5.41, 5.74) is 7.79. The SMILES string of the molecule is CCOC(=O)c1sc(N)c(C#N)c1COC(=O)c1cnc2c(c1)c(C)nn2C. The Bertz CT molecular complexity index is 1130. The van der Waals surface area contributed by atoms with Crippen LogP contribution in [-0.2, 0) is 23.1 Å². The molecule has 0 bridgehead atoms. The molecule has 0 saturated heterocycles. The zero-order valence-electron chi connectivity index (χ0n) is 15.5. The molecule has 144 valence electrons. The summed E-state index contributed by atoms with van der Waals surface area (Å²) in [6, 6.07) is 3.59. The van der Waals surface area contributed by atoms with Gasteiger partial charge in [-0.25, -0.2) is 14.6 Å². The number of fused-ring (bicyclic) bond motifs is 1. The van der Waals surface area contributed by atoms with E-state index in [2.05, 4.69) is 10.1 Å². The van der Waals surface area contributed by atoms with Crippen molar-refractivity contribution in [1.29, 1.82) is 5.26 Å². The minimum Gasteiger partial charge on any atom is -0.462 e. The number of pyridine rings is 1. The summed E-state index contributed by atoms with van der Waals surface area (Å²) in [7, 11) is 1.77. The Morgan fingerprint density at radius 2 is 2.11 bits per heavy atom. The molecule has 2 N–H and O–H groups in total. The van der Waals surface area contributed by atoms with Crippen molar-refractivity contribution in [3.63, 3.8) is 0 Å². The summed E-state index contributed by atoms with van der Waals surface area (Å²) < 4.78 is 11.9. The number of aromatic nitrogens is 3. The number of hydrogen-bond acceptors (Lipinski definition) is 9. The smallest absolute Gasteiger partial charge is 0.348 e. The quantitative estimate of drug-likeness (QED) is 0.646. The van der Waals surface area contributed by atoms with Gasteiger partial charge in [0, 0.05) is 24.2 Å². The van der Waals surface area contributed by atoms with E-state index in [4.69, 9.17) is 15.2 Å². The standard InChI is InChI=1S/C18H17N5O4S/c1-4-26-18(25)14-13(12(6-19)15(20)28-14)8-27-17(24)10-5-11-9(2)22-23(3)16(11)21-7-10/h5,7H,4,8,20H2,1-3H3. The third-order valence-corrected chi connectivity index (χ3v) is 5.09. The van der Waals surface area contributed by atoms with Gasteiger partial charge in [-0.2, -0.15) is 10.4 Å². The van der Waals surface area contributed by atoms with Crippen LogP contribution in [0.5, 0.6) is 0 Å². The van der Waals surface area contributed by atoms with Gasteiger partial charge in [-0.15, -0.1) is 11.3 Å². The van der Waals surface area contributed by atoms with E-state index in [0.717, 1.165) is 22.4 Å². The van der Waals surface area contributed by atoms with Crippen molar-refractivity contribution in [3.05, 3.63) is 39.5 Å². The lowest BCUT2D eigenvalue weighted by Crippen LogP contribution is -2.10. The normalized spacial score (nSPS) is 10.6. The maximum absolute atomic E-state index is 12.5. The Labute approximate surface area is 164 Å². The Morgan fingerprint density at radius 1 is 1.36 bits per heavy atom. The Hall–Kier alpha value is -3.45. The van der Waals surface area contributed by atoms with E-state index < -0.39 is 11.9 Å². The molecule has 0 spiro atoms. The number of hydrogen-bond donors (Lipinski definition) is 1. The Balaban J connectivity index is 1.86. The first-order valence-electron chi connectivity index (χ1n) is 8.32. The third-order valence-electron chi connectivity index (χ3n) is 4.05. The molecule has 9 nitrogen and oxygen atoms in total. The fourth-order valence-corrected chi connectivity index (χ4v) is 3.66. The number of carbonyl (C=O) groups excluding carboxylic acids is 2.